The maximum atomic E-state index is 13.0. The van der Waals surface area contributed by atoms with Gasteiger partial charge in [0.2, 0.25) is 0 Å². The SMILES string of the molecule is O=C(CCCC1CCN(Cc2cccc(O)c2)CC1)c1ccc2c(c1)CCN(Cc1ccccc1)CC2. The summed E-state index contributed by atoms with van der Waals surface area (Å²) in [5.74, 6) is 1.36. The zero-order valence-corrected chi connectivity index (χ0v) is 21.9. The van der Waals surface area contributed by atoms with Gasteiger partial charge in [0.05, 0.1) is 0 Å². The maximum absolute atomic E-state index is 13.0. The summed E-state index contributed by atoms with van der Waals surface area (Å²) in [6.45, 7) is 6.21. The first-order valence-corrected chi connectivity index (χ1v) is 14.0. The monoisotopic (exact) mass is 496 g/mol. The molecule has 0 spiro atoms. The Bertz CT molecular complexity index is 1170. The number of Topliss-reactive ketones (excluding diaryl/α,β-unsaturated/α-hetero) is 1. The average Bonchev–Trinajstić information content (AvgIpc) is 3.12. The molecule has 2 aliphatic heterocycles. The number of phenolic OH excluding ortho intramolecular Hbond substituents is 1. The molecule has 4 nitrogen and oxygen atoms in total. The molecule has 0 amide bonds. The number of fused-ring (bicyclic) bond motifs is 1. The van der Waals surface area contributed by atoms with Gasteiger partial charge in [-0.1, -0.05) is 54.6 Å². The van der Waals surface area contributed by atoms with E-state index in [4.69, 9.17) is 0 Å². The van der Waals surface area contributed by atoms with Gasteiger partial charge in [-0.3, -0.25) is 14.6 Å². The van der Waals surface area contributed by atoms with E-state index in [1.807, 2.05) is 12.1 Å². The molecule has 1 N–H and O–H groups in total. The molecule has 1 fully saturated rings. The third-order valence-electron chi connectivity index (χ3n) is 8.21. The van der Waals surface area contributed by atoms with E-state index in [9.17, 15) is 9.90 Å². The normalized spacial score (nSPS) is 17.3. The Hall–Kier alpha value is -2.95. The van der Waals surface area contributed by atoms with Crippen LogP contribution in [0, 0.1) is 5.92 Å². The van der Waals surface area contributed by atoms with Crippen molar-refractivity contribution < 1.29 is 9.90 Å². The van der Waals surface area contributed by atoms with Crippen molar-refractivity contribution in [3.63, 3.8) is 0 Å². The number of carbonyl (C=O) groups is 1. The molecule has 0 unspecified atom stereocenters. The predicted molar refractivity (Wildman–Crippen MR) is 150 cm³/mol. The molecular formula is C33H40N2O2. The van der Waals surface area contributed by atoms with Crippen LogP contribution in [0.5, 0.6) is 5.75 Å². The van der Waals surface area contributed by atoms with Gasteiger partial charge in [0.25, 0.3) is 0 Å². The Labute approximate surface area is 221 Å². The van der Waals surface area contributed by atoms with Gasteiger partial charge in [0.1, 0.15) is 5.75 Å². The zero-order chi connectivity index (χ0) is 25.5. The van der Waals surface area contributed by atoms with Crippen molar-refractivity contribution in [1.29, 1.82) is 0 Å². The molecular weight excluding hydrogens is 456 g/mol. The number of phenols is 1. The van der Waals surface area contributed by atoms with Crippen LogP contribution in [0.25, 0.3) is 0 Å². The van der Waals surface area contributed by atoms with Crippen LogP contribution in [0.3, 0.4) is 0 Å². The van der Waals surface area contributed by atoms with Crippen LogP contribution in [0.4, 0.5) is 0 Å². The van der Waals surface area contributed by atoms with E-state index in [1.54, 1.807) is 6.07 Å². The van der Waals surface area contributed by atoms with E-state index in [-0.39, 0.29) is 0 Å². The fraction of sp³-hybridized carbons (Fsp3) is 0.424. The molecule has 2 aliphatic rings. The minimum Gasteiger partial charge on any atom is -0.508 e. The summed E-state index contributed by atoms with van der Waals surface area (Å²) in [7, 11) is 0. The smallest absolute Gasteiger partial charge is 0.162 e. The highest BCUT2D eigenvalue weighted by molar-refractivity contribution is 5.96. The van der Waals surface area contributed by atoms with Crippen LogP contribution in [0.15, 0.2) is 72.8 Å². The molecule has 3 aromatic rings. The summed E-state index contributed by atoms with van der Waals surface area (Å²) >= 11 is 0. The van der Waals surface area contributed by atoms with Crippen molar-refractivity contribution in [2.75, 3.05) is 26.2 Å². The Morgan fingerprint density at radius 1 is 0.757 bits per heavy atom. The number of aromatic hydroxyl groups is 1. The molecule has 0 saturated carbocycles. The molecule has 0 atom stereocenters. The second-order valence-corrected chi connectivity index (χ2v) is 11.0. The molecule has 0 aliphatic carbocycles. The summed E-state index contributed by atoms with van der Waals surface area (Å²) in [6, 6.07) is 24.7. The van der Waals surface area contributed by atoms with E-state index >= 15 is 0 Å². The number of benzene rings is 3. The zero-order valence-electron chi connectivity index (χ0n) is 21.9. The summed E-state index contributed by atoms with van der Waals surface area (Å²) in [4.78, 5) is 18.0. The molecule has 0 bridgehead atoms. The molecule has 2 heterocycles. The topological polar surface area (TPSA) is 43.8 Å². The molecule has 37 heavy (non-hydrogen) atoms. The minimum atomic E-state index is 0.300. The number of ketones is 1. The van der Waals surface area contributed by atoms with Crippen LogP contribution < -0.4 is 0 Å². The summed E-state index contributed by atoms with van der Waals surface area (Å²) in [6.07, 6.45) is 7.26. The lowest BCUT2D eigenvalue weighted by atomic mass is 9.90. The largest absolute Gasteiger partial charge is 0.508 e. The van der Waals surface area contributed by atoms with Gasteiger partial charge < -0.3 is 5.11 Å². The van der Waals surface area contributed by atoms with Crippen molar-refractivity contribution in [3.05, 3.63) is 101 Å². The molecule has 0 radical (unpaired) electrons. The Kier molecular flexibility index (Phi) is 8.70. The Morgan fingerprint density at radius 2 is 1.46 bits per heavy atom. The third-order valence-corrected chi connectivity index (χ3v) is 8.21. The molecule has 4 heteroatoms. The van der Waals surface area contributed by atoms with Gasteiger partial charge in [-0.15, -0.1) is 0 Å². The summed E-state index contributed by atoms with van der Waals surface area (Å²) < 4.78 is 0. The number of likely N-dealkylation sites (tertiary alicyclic amines) is 1. The Balaban J connectivity index is 1.05. The predicted octanol–water partition coefficient (Wildman–Crippen LogP) is 6.26. The highest BCUT2D eigenvalue weighted by atomic mass is 16.3. The first kappa shape index (κ1) is 25.7. The maximum Gasteiger partial charge on any atom is 0.162 e. The standard InChI is InChI=1S/C33H40N2O2/c36-32-10-4-9-28(22-32)25-34-18-14-26(15-19-34)8-5-11-33(37)31-13-12-29-16-20-35(21-17-30(29)23-31)24-27-6-2-1-3-7-27/h1-4,6-7,9-10,12-13,22-23,26,36H,5,8,11,14-21,24-25H2. The van der Waals surface area contributed by atoms with Gasteiger partial charge in [-0.2, -0.15) is 0 Å². The number of hydrogen-bond acceptors (Lipinski definition) is 4. The number of piperidine rings is 1. The van der Waals surface area contributed by atoms with E-state index in [0.29, 0.717) is 18.0 Å². The van der Waals surface area contributed by atoms with Gasteiger partial charge in [-0.05, 0) is 98.0 Å². The fourth-order valence-electron chi connectivity index (χ4n) is 5.99. The first-order valence-electron chi connectivity index (χ1n) is 14.0. The minimum absolute atomic E-state index is 0.300. The van der Waals surface area contributed by atoms with Crippen molar-refractivity contribution in [3.8, 4) is 5.75 Å². The second kappa shape index (κ2) is 12.5. The molecule has 5 rings (SSSR count). The number of hydrogen-bond donors (Lipinski definition) is 1. The lowest BCUT2D eigenvalue weighted by molar-refractivity contribution is 0.0974. The molecule has 194 valence electrons. The summed E-state index contributed by atoms with van der Waals surface area (Å²) in [5, 5.41) is 9.69. The lowest BCUT2D eigenvalue weighted by Gasteiger charge is -2.32. The van der Waals surface area contributed by atoms with Gasteiger partial charge in [-0.25, -0.2) is 0 Å². The van der Waals surface area contributed by atoms with Crippen molar-refractivity contribution in [1.82, 2.24) is 9.80 Å². The highest BCUT2D eigenvalue weighted by Crippen LogP contribution is 2.25. The van der Waals surface area contributed by atoms with Gasteiger partial charge in [0, 0.05) is 38.2 Å². The lowest BCUT2D eigenvalue weighted by Crippen LogP contribution is -2.33. The number of nitrogens with zero attached hydrogens (tertiary/aromatic N) is 2. The quantitative estimate of drug-likeness (QED) is 0.355. The van der Waals surface area contributed by atoms with Crippen LogP contribution in [-0.4, -0.2) is 46.9 Å². The van der Waals surface area contributed by atoms with Gasteiger partial charge >= 0.3 is 0 Å². The van der Waals surface area contributed by atoms with Crippen LogP contribution >= 0.6 is 0 Å². The van der Waals surface area contributed by atoms with E-state index in [0.717, 1.165) is 76.4 Å². The summed E-state index contributed by atoms with van der Waals surface area (Å²) in [5.41, 5.74) is 6.21. The second-order valence-electron chi connectivity index (χ2n) is 11.0. The van der Waals surface area contributed by atoms with Crippen LogP contribution in [-0.2, 0) is 25.9 Å². The first-order chi connectivity index (χ1) is 18.1. The number of carbonyl (C=O) groups excluding carboxylic acids is 1. The van der Waals surface area contributed by atoms with Gasteiger partial charge in [0.15, 0.2) is 5.78 Å². The third kappa shape index (κ3) is 7.30. The van der Waals surface area contributed by atoms with E-state index < -0.39 is 0 Å². The van der Waals surface area contributed by atoms with Crippen LogP contribution in [0.2, 0.25) is 0 Å². The van der Waals surface area contributed by atoms with E-state index in [2.05, 4.69) is 64.4 Å². The molecule has 3 aromatic carbocycles. The average molecular weight is 497 g/mol. The van der Waals surface area contributed by atoms with Crippen molar-refractivity contribution in [2.45, 2.75) is 58.0 Å². The number of rotatable bonds is 9. The van der Waals surface area contributed by atoms with Crippen molar-refractivity contribution in [2.24, 2.45) is 5.92 Å². The Morgan fingerprint density at radius 3 is 2.24 bits per heavy atom. The highest BCUT2D eigenvalue weighted by Gasteiger charge is 2.20. The van der Waals surface area contributed by atoms with E-state index in [1.165, 1.54) is 35.1 Å². The molecule has 0 aromatic heterocycles. The van der Waals surface area contributed by atoms with Crippen LogP contribution in [0.1, 0.15) is 64.7 Å². The molecule has 1 saturated heterocycles. The van der Waals surface area contributed by atoms with Crippen molar-refractivity contribution >= 4 is 5.78 Å². The fourth-order valence-corrected chi connectivity index (χ4v) is 5.99.